The second kappa shape index (κ2) is 5.38. The van der Waals surface area contributed by atoms with Crippen LogP contribution < -0.4 is 5.73 Å². The third-order valence-corrected chi connectivity index (χ3v) is 3.91. The van der Waals surface area contributed by atoms with Crippen LogP contribution in [0, 0.1) is 0 Å². The Morgan fingerprint density at radius 1 is 1.19 bits per heavy atom. The molecule has 0 saturated heterocycles. The molecule has 0 spiro atoms. The average molecular weight is 296 g/mol. The van der Waals surface area contributed by atoms with Crippen molar-refractivity contribution >= 4 is 22.8 Å². The highest BCUT2D eigenvalue weighted by atomic mass is 32.1. The highest BCUT2D eigenvalue weighted by Gasteiger charge is 2.18. The molecule has 1 aromatic heterocycles. The van der Waals surface area contributed by atoms with Crippen molar-refractivity contribution in [3.05, 3.63) is 65.2 Å². The van der Waals surface area contributed by atoms with Gasteiger partial charge in [0, 0.05) is 28.4 Å². The van der Waals surface area contributed by atoms with E-state index in [4.69, 9.17) is 5.73 Å². The molecule has 1 heterocycles. The zero-order valence-corrected chi connectivity index (χ0v) is 11.8. The fourth-order valence-electron chi connectivity index (χ4n) is 2.12. The van der Waals surface area contributed by atoms with Crippen molar-refractivity contribution in [3.8, 4) is 16.3 Å². The SMILES string of the molecule is Nc1cc(-c2nccs2)cc(O)c1C(=O)c1ccccc1. The van der Waals surface area contributed by atoms with Crippen LogP contribution in [-0.2, 0) is 0 Å². The second-order valence-corrected chi connectivity index (χ2v) is 5.39. The number of aromatic nitrogens is 1. The summed E-state index contributed by atoms with van der Waals surface area (Å²) in [5, 5.41) is 12.8. The zero-order valence-electron chi connectivity index (χ0n) is 11.0. The number of phenolic OH excluding ortho intramolecular Hbond substituents is 1. The number of benzene rings is 2. The summed E-state index contributed by atoms with van der Waals surface area (Å²) in [6.45, 7) is 0. The van der Waals surface area contributed by atoms with E-state index in [1.165, 1.54) is 17.4 Å². The molecule has 0 amide bonds. The summed E-state index contributed by atoms with van der Waals surface area (Å²) in [7, 11) is 0. The van der Waals surface area contributed by atoms with Crippen molar-refractivity contribution in [1.82, 2.24) is 4.98 Å². The summed E-state index contributed by atoms with van der Waals surface area (Å²) in [5.74, 6) is -0.426. The minimum absolute atomic E-state index is 0.126. The van der Waals surface area contributed by atoms with Gasteiger partial charge in [-0.15, -0.1) is 11.3 Å². The highest BCUT2D eigenvalue weighted by molar-refractivity contribution is 7.13. The van der Waals surface area contributed by atoms with Gasteiger partial charge in [0.05, 0.1) is 5.56 Å². The Kier molecular flexibility index (Phi) is 3.41. The highest BCUT2D eigenvalue weighted by Crippen LogP contribution is 2.33. The molecule has 3 aromatic rings. The number of anilines is 1. The van der Waals surface area contributed by atoms with E-state index >= 15 is 0 Å². The number of nitrogens with zero attached hydrogens (tertiary/aromatic N) is 1. The molecular formula is C16H12N2O2S. The van der Waals surface area contributed by atoms with Crippen molar-refractivity contribution in [3.63, 3.8) is 0 Å². The number of phenols is 1. The maximum absolute atomic E-state index is 12.4. The Balaban J connectivity index is 2.07. The first-order valence-corrected chi connectivity index (χ1v) is 7.17. The molecule has 0 saturated carbocycles. The molecule has 21 heavy (non-hydrogen) atoms. The fraction of sp³-hybridized carbons (Fsp3) is 0. The number of ketones is 1. The molecule has 0 aliphatic heterocycles. The van der Waals surface area contributed by atoms with Gasteiger partial charge < -0.3 is 10.8 Å². The Morgan fingerprint density at radius 3 is 2.57 bits per heavy atom. The zero-order chi connectivity index (χ0) is 14.8. The smallest absolute Gasteiger partial charge is 0.198 e. The Hall–Kier alpha value is -2.66. The maximum Gasteiger partial charge on any atom is 0.198 e. The minimum atomic E-state index is -0.295. The number of nitrogens with two attached hydrogens (primary N) is 1. The van der Waals surface area contributed by atoms with E-state index in [2.05, 4.69) is 4.98 Å². The molecule has 3 N–H and O–H groups in total. The topological polar surface area (TPSA) is 76.2 Å². The van der Waals surface area contributed by atoms with Crippen LogP contribution in [0.4, 0.5) is 5.69 Å². The third kappa shape index (κ3) is 2.51. The first-order chi connectivity index (χ1) is 10.2. The van der Waals surface area contributed by atoms with Crippen molar-refractivity contribution in [2.24, 2.45) is 0 Å². The molecular weight excluding hydrogens is 284 g/mol. The van der Waals surface area contributed by atoms with Gasteiger partial charge in [-0.25, -0.2) is 4.98 Å². The van der Waals surface area contributed by atoms with Gasteiger partial charge in [0.1, 0.15) is 10.8 Å². The Bertz CT molecular complexity index is 760. The normalized spacial score (nSPS) is 10.5. The van der Waals surface area contributed by atoms with Gasteiger partial charge in [-0.1, -0.05) is 30.3 Å². The van der Waals surface area contributed by atoms with E-state index in [0.29, 0.717) is 11.1 Å². The molecule has 4 nitrogen and oxygen atoms in total. The molecule has 0 unspecified atom stereocenters. The van der Waals surface area contributed by atoms with E-state index in [9.17, 15) is 9.90 Å². The summed E-state index contributed by atoms with van der Waals surface area (Å²) < 4.78 is 0. The van der Waals surface area contributed by atoms with Crippen molar-refractivity contribution < 1.29 is 9.90 Å². The van der Waals surface area contributed by atoms with Crippen molar-refractivity contribution in [2.45, 2.75) is 0 Å². The van der Waals surface area contributed by atoms with Gasteiger partial charge in [-0.3, -0.25) is 4.79 Å². The van der Waals surface area contributed by atoms with Gasteiger partial charge in [0.2, 0.25) is 0 Å². The van der Waals surface area contributed by atoms with Crippen LogP contribution in [0.15, 0.2) is 54.0 Å². The molecule has 0 bridgehead atoms. The van der Waals surface area contributed by atoms with E-state index < -0.39 is 0 Å². The fourth-order valence-corrected chi connectivity index (χ4v) is 2.75. The average Bonchev–Trinajstić information content (AvgIpc) is 3.01. The molecule has 0 atom stereocenters. The Labute approximate surface area is 125 Å². The van der Waals surface area contributed by atoms with Gasteiger partial charge in [-0.2, -0.15) is 0 Å². The molecule has 3 rings (SSSR count). The number of rotatable bonds is 3. The van der Waals surface area contributed by atoms with Crippen LogP contribution in [0.3, 0.4) is 0 Å². The lowest BCUT2D eigenvalue weighted by molar-refractivity contribution is 0.103. The summed E-state index contributed by atoms with van der Waals surface area (Å²) in [6.07, 6.45) is 1.68. The van der Waals surface area contributed by atoms with E-state index in [1.54, 1.807) is 36.5 Å². The lowest BCUT2D eigenvalue weighted by Crippen LogP contribution is -2.06. The summed E-state index contributed by atoms with van der Waals surface area (Å²) in [5.41, 5.74) is 7.52. The van der Waals surface area contributed by atoms with Crippen LogP contribution in [-0.4, -0.2) is 15.9 Å². The van der Waals surface area contributed by atoms with Crippen LogP contribution >= 0.6 is 11.3 Å². The number of nitrogen functional groups attached to an aromatic ring is 1. The molecule has 5 heteroatoms. The van der Waals surface area contributed by atoms with Gasteiger partial charge in [-0.05, 0) is 12.1 Å². The van der Waals surface area contributed by atoms with E-state index in [1.807, 2.05) is 11.4 Å². The van der Waals surface area contributed by atoms with Gasteiger partial charge in [0.25, 0.3) is 0 Å². The number of carbonyl (C=O) groups excluding carboxylic acids is 1. The second-order valence-electron chi connectivity index (χ2n) is 4.49. The predicted octanol–water partition coefficient (Wildman–Crippen LogP) is 3.33. The maximum atomic E-state index is 12.4. The first kappa shape index (κ1) is 13.3. The number of hydrogen-bond acceptors (Lipinski definition) is 5. The third-order valence-electron chi connectivity index (χ3n) is 3.09. The van der Waals surface area contributed by atoms with Crippen LogP contribution in [0.2, 0.25) is 0 Å². The molecule has 0 aliphatic rings. The van der Waals surface area contributed by atoms with Crippen LogP contribution in [0.5, 0.6) is 5.75 Å². The minimum Gasteiger partial charge on any atom is -0.507 e. The van der Waals surface area contributed by atoms with Crippen LogP contribution in [0.25, 0.3) is 10.6 Å². The van der Waals surface area contributed by atoms with Crippen molar-refractivity contribution in [1.29, 1.82) is 0 Å². The molecule has 104 valence electrons. The first-order valence-electron chi connectivity index (χ1n) is 6.29. The summed E-state index contributed by atoms with van der Waals surface area (Å²) in [4.78, 5) is 16.6. The number of carbonyl (C=O) groups is 1. The number of hydrogen-bond donors (Lipinski definition) is 2. The number of thiazole rings is 1. The summed E-state index contributed by atoms with van der Waals surface area (Å²) in [6, 6.07) is 11.9. The molecule has 2 aromatic carbocycles. The predicted molar refractivity (Wildman–Crippen MR) is 83.5 cm³/mol. The lowest BCUT2D eigenvalue weighted by atomic mass is 9.99. The van der Waals surface area contributed by atoms with Gasteiger partial charge >= 0.3 is 0 Å². The van der Waals surface area contributed by atoms with Crippen LogP contribution in [0.1, 0.15) is 15.9 Å². The molecule has 0 fully saturated rings. The van der Waals surface area contributed by atoms with E-state index in [-0.39, 0.29) is 22.8 Å². The quantitative estimate of drug-likeness (QED) is 0.574. The van der Waals surface area contributed by atoms with Gasteiger partial charge in [0.15, 0.2) is 5.78 Å². The monoisotopic (exact) mass is 296 g/mol. The summed E-state index contributed by atoms with van der Waals surface area (Å²) >= 11 is 1.44. The lowest BCUT2D eigenvalue weighted by Gasteiger charge is -2.09. The van der Waals surface area contributed by atoms with E-state index in [0.717, 1.165) is 5.01 Å². The Morgan fingerprint density at radius 2 is 1.95 bits per heavy atom. The molecule has 0 aliphatic carbocycles. The van der Waals surface area contributed by atoms with Crippen molar-refractivity contribution in [2.75, 3.05) is 5.73 Å². The standard InChI is InChI=1S/C16H12N2O2S/c17-12-8-11(16-18-6-7-21-16)9-13(19)14(12)15(20)10-4-2-1-3-5-10/h1-9,19H,17H2. The number of aromatic hydroxyl groups is 1. The largest absolute Gasteiger partial charge is 0.507 e. The molecule has 0 radical (unpaired) electrons.